The Labute approximate surface area is 149 Å². The second-order valence-electron chi connectivity index (χ2n) is 7.71. The average Bonchev–Trinajstić information content (AvgIpc) is 2.53. The molecule has 1 aromatic rings. The van der Waals surface area contributed by atoms with Crippen LogP contribution < -0.4 is 5.73 Å². The number of carbonyl (C=O) groups is 1. The van der Waals surface area contributed by atoms with Gasteiger partial charge in [-0.05, 0) is 17.4 Å². The van der Waals surface area contributed by atoms with Gasteiger partial charge in [0.2, 0.25) is 0 Å². The Kier molecular flexibility index (Phi) is 4.18. The minimum absolute atomic E-state index is 0.104. The number of allylic oxidation sites excluding steroid dienone is 3. The van der Waals surface area contributed by atoms with Crippen LogP contribution in [-0.4, -0.2) is 29.9 Å². The van der Waals surface area contributed by atoms with Crippen LogP contribution in [0.15, 0.2) is 53.0 Å². The third-order valence-electron chi connectivity index (χ3n) is 4.89. The van der Waals surface area contributed by atoms with Crippen molar-refractivity contribution in [2.75, 3.05) is 14.1 Å². The van der Waals surface area contributed by atoms with Gasteiger partial charge >= 0.3 is 0 Å². The molecule has 0 saturated carbocycles. The Balaban J connectivity index is 2.28. The first-order valence-corrected chi connectivity index (χ1v) is 8.45. The lowest BCUT2D eigenvalue weighted by Crippen LogP contribution is -2.47. The molecule has 1 aliphatic heterocycles. The standard InChI is InChI=1S/C20H24N4O/c1-20(2)10-15-18(16(25)11-20)17(13-8-6-5-7-9-13)14(12-21)19(22)24(15)23(3)4/h5-9,17H,10-11,22H2,1-4H3. The fourth-order valence-electron chi connectivity index (χ4n) is 3.93. The molecule has 1 aromatic carbocycles. The molecule has 3 rings (SSSR count). The highest BCUT2D eigenvalue weighted by molar-refractivity contribution is 6.00. The summed E-state index contributed by atoms with van der Waals surface area (Å²) in [6.07, 6.45) is 1.23. The van der Waals surface area contributed by atoms with E-state index in [0.29, 0.717) is 23.4 Å². The fraction of sp³-hybridized carbons (Fsp3) is 0.400. The largest absolute Gasteiger partial charge is 0.383 e. The molecule has 0 spiro atoms. The van der Waals surface area contributed by atoms with E-state index in [2.05, 4.69) is 19.9 Å². The molecule has 0 fully saturated rings. The number of nitrogens with zero attached hydrogens (tertiary/aromatic N) is 3. The topological polar surface area (TPSA) is 73.4 Å². The Morgan fingerprint density at radius 1 is 1.24 bits per heavy atom. The summed E-state index contributed by atoms with van der Waals surface area (Å²) >= 11 is 0. The van der Waals surface area contributed by atoms with Crippen molar-refractivity contribution in [1.82, 2.24) is 10.0 Å². The maximum absolute atomic E-state index is 13.1. The first-order chi connectivity index (χ1) is 11.8. The Morgan fingerprint density at radius 2 is 1.88 bits per heavy atom. The van der Waals surface area contributed by atoms with Gasteiger partial charge in [0.05, 0.1) is 17.6 Å². The number of ketones is 1. The van der Waals surface area contributed by atoms with Gasteiger partial charge in [-0.3, -0.25) is 9.80 Å². The predicted molar refractivity (Wildman–Crippen MR) is 96.6 cm³/mol. The highest BCUT2D eigenvalue weighted by Crippen LogP contribution is 2.48. The molecule has 2 N–H and O–H groups in total. The third-order valence-corrected chi connectivity index (χ3v) is 4.89. The summed E-state index contributed by atoms with van der Waals surface area (Å²) in [5.41, 5.74) is 9.26. The van der Waals surface area contributed by atoms with Gasteiger partial charge in [-0.15, -0.1) is 0 Å². The van der Waals surface area contributed by atoms with E-state index in [1.165, 1.54) is 0 Å². The molecule has 2 aliphatic rings. The van der Waals surface area contributed by atoms with Crippen molar-refractivity contribution < 1.29 is 4.79 Å². The van der Waals surface area contributed by atoms with E-state index in [9.17, 15) is 10.1 Å². The number of benzene rings is 1. The van der Waals surface area contributed by atoms with Crippen LogP contribution in [0.1, 0.15) is 38.2 Å². The summed E-state index contributed by atoms with van der Waals surface area (Å²) in [4.78, 5) is 13.1. The molecule has 1 atom stereocenters. The lowest BCUT2D eigenvalue weighted by atomic mass is 9.69. The van der Waals surface area contributed by atoms with Gasteiger partial charge < -0.3 is 5.73 Å². The number of rotatable bonds is 2. The lowest BCUT2D eigenvalue weighted by molar-refractivity contribution is -0.119. The number of hydrogen-bond donors (Lipinski definition) is 1. The smallest absolute Gasteiger partial charge is 0.162 e. The maximum Gasteiger partial charge on any atom is 0.162 e. The summed E-state index contributed by atoms with van der Waals surface area (Å²) in [5, 5.41) is 13.5. The van der Waals surface area contributed by atoms with E-state index < -0.39 is 0 Å². The van der Waals surface area contributed by atoms with Gasteiger partial charge in [0.1, 0.15) is 5.82 Å². The quantitative estimate of drug-likeness (QED) is 0.899. The lowest BCUT2D eigenvalue weighted by Gasteiger charge is -2.45. The van der Waals surface area contributed by atoms with Gasteiger partial charge in [-0.1, -0.05) is 44.2 Å². The number of hydrazine groups is 1. The summed E-state index contributed by atoms with van der Waals surface area (Å²) < 4.78 is 0. The molecule has 25 heavy (non-hydrogen) atoms. The molecular weight excluding hydrogens is 312 g/mol. The molecule has 0 amide bonds. The van der Waals surface area contributed by atoms with Crippen molar-refractivity contribution in [3.8, 4) is 6.07 Å². The molecule has 1 heterocycles. The Hall–Kier alpha value is -2.58. The summed E-state index contributed by atoms with van der Waals surface area (Å²) in [6.45, 7) is 4.19. The van der Waals surface area contributed by atoms with Crippen LogP contribution in [0.4, 0.5) is 0 Å². The number of nitrogens with two attached hydrogens (primary N) is 1. The fourth-order valence-corrected chi connectivity index (χ4v) is 3.93. The minimum atomic E-state index is -0.388. The SMILES string of the molecule is CN(C)N1C(N)=C(C#N)C(c2ccccc2)C2=C1CC(C)(C)CC2=O. The van der Waals surface area contributed by atoms with Crippen LogP contribution >= 0.6 is 0 Å². The van der Waals surface area contributed by atoms with Crippen molar-refractivity contribution in [3.05, 3.63) is 58.6 Å². The van der Waals surface area contributed by atoms with E-state index in [1.807, 2.05) is 54.4 Å². The Bertz CT molecular complexity index is 812. The van der Waals surface area contributed by atoms with Gasteiger partial charge in [0, 0.05) is 31.8 Å². The highest BCUT2D eigenvalue weighted by atomic mass is 16.1. The van der Waals surface area contributed by atoms with E-state index in [-0.39, 0.29) is 17.1 Å². The summed E-state index contributed by atoms with van der Waals surface area (Å²) in [6, 6.07) is 12.0. The predicted octanol–water partition coefficient (Wildman–Crippen LogP) is 2.90. The highest BCUT2D eigenvalue weighted by Gasteiger charge is 2.44. The van der Waals surface area contributed by atoms with Crippen LogP contribution in [0, 0.1) is 16.7 Å². The molecule has 130 valence electrons. The Morgan fingerprint density at radius 3 is 2.44 bits per heavy atom. The van der Waals surface area contributed by atoms with Crippen molar-refractivity contribution in [2.24, 2.45) is 11.1 Å². The van der Waals surface area contributed by atoms with Gasteiger partial charge in [0.15, 0.2) is 5.78 Å². The second kappa shape index (κ2) is 6.05. The van der Waals surface area contributed by atoms with Gasteiger partial charge in [-0.25, -0.2) is 5.01 Å². The summed E-state index contributed by atoms with van der Waals surface area (Å²) in [5.74, 6) is 0.124. The molecular formula is C20H24N4O. The second-order valence-corrected chi connectivity index (χ2v) is 7.71. The normalized spacial score (nSPS) is 23.0. The zero-order chi connectivity index (χ0) is 18.4. The van der Waals surface area contributed by atoms with Crippen molar-refractivity contribution in [3.63, 3.8) is 0 Å². The van der Waals surface area contributed by atoms with Gasteiger partial charge in [0.25, 0.3) is 0 Å². The number of Topliss-reactive ketones (excluding diaryl/α,β-unsaturated/α-hetero) is 1. The minimum Gasteiger partial charge on any atom is -0.383 e. The molecule has 0 radical (unpaired) electrons. The maximum atomic E-state index is 13.1. The molecule has 1 unspecified atom stereocenters. The van der Waals surface area contributed by atoms with Crippen LogP contribution in [0.2, 0.25) is 0 Å². The number of hydrogen-bond acceptors (Lipinski definition) is 5. The number of carbonyl (C=O) groups excluding carboxylic acids is 1. The van der Waals surface area contributed by atoms with Gasteiger partial charge in [-0.2, -0.15) is 5.26 Å². The van der Waals surface area contributed by atoms with E-state index in [4.69, 9.17) is 5.73 Å². The molecule has 5 heteroatoms. The van der Waals surface area contributed by atoms with E-state index in [0.717, 1.165) is 17.7 Å². The molecule has 0 aromatic heterocycles. The van der Waals surface area contributed by atoms with Crippen LogP contribution in [0.5, 0.6) is 0 Å². The average molecular weight is 336 g/mol. The third kappa shape index (κ3) is 2.83. The van der Waals surface area contributed by atoms with Crippen LogP contribution in [-0.2, 0) is 4.79 Å². The van der Waals surface area contributed by atoms with Crippen molar-refractivity contribution in [1.29, 1.82) is 5.26 Å². The van der Waals surface area contributed by atoms with E-state index >= 15 is 0 Å². The molecule has 5 nitrogen and oxygen atoms in total. The van der Waals surface area contributed by atoms with Crippen molar-refractivity contribution in [2.45, 2.75) is 32.6 Å². The first-order valence-electron chi connectivity index (χ1n) is 8.45. The zero-order valence-corrected chi connectivity index (χ0v) is 15.2. The van der Waals surface area contributed by atoms with Crippen LogP contribution in [0.25, 0.3) is 0 Å². The first kappa shape index (κ1) is 17.2. The number of nitriles is 1. The monoisotopic (exact) mass is 336 g/mol. The molecule has 0 saturated heterocycles. The van der Waals surface area contributed by atoms with Crippen molar-refractivity contribution >= 4 is 5.78 Å². The van der Waals surface area contributed by atoms with E-state index in [1.54, 1.807) is 0 Å². The summed E-state index contributed by atoms with van der Waals surface area (Å²) in [7, 11) is 3.75. The molecule has 1 aliphatic carbocycles. The van der Waals surface area contributed by atoms with Crippen LogP contribution in [0.3, 0.4) is 0 Å². The zero-order valence-electron chi connectivity index (χ0n) is 15.2. The molecule has 0 bridgehead atoms.